The summed E-state index contributed by atoms with van der Waals surface area (Å²) in [6.45, 7) is 7.43. The lowest BCUT2D eigenvalue weighted by Crippen LogP contribution is -2.37. The third-order valence-electron chi connectivity index (χ3n) is 9.59. The van der Waals surface area contributed by atoms with Crippen LogP contribution in [0.1, 0.15) is 86.1 Å². The molecule has 1 saturated heterocycles. The van der Waals surface area contributed by atoms with Crippen molar-refractivity contribution in [3.8, 4) is 5.69 Å². The van der Waals surface area contributed by atoms with Crippen LogP contribution in [0.25, 0.3) is 5.69 Å². The number of nitrogens with two attached hydrogens (primary N) is 1. The van der Waals surface area contributed by atoms with Gasteiger partial charge in [-0.25, -0.2) is 17.6 Å². The Hall–Kier alpha value is -3.12. The largest absolute Gasteiger partial charge is 0.446 e. The van der Waals surface area contributed by atoms with E-state index in [0.717, 1.165) is 37.3 Å². The Morgan fingerprint density at radius 2 is 1.80 bits per heavy atom. The number of ether oxygens (including phenoxy) is 1. The van der Waals surface area contributed by atoms with Crippen LogP contribution >= 0.6 is 0 Å². The molecule has 2 fully saturated rings. The SMILES string of the molecule is CC1(C)Cc2c(c3c(n2-c2cc(F)c(C(N)=O)c(N[C@H]4CC[C@H](OC(=O)NCCN5CCCC5)CC4)c2)CCC3)S(=O)(=O)C1. The molecule has 240 valence electrons. The van der Waals surface area contributed by atoms with Gasteiger partial charge in [0.25, 0.3) is 5.91 Å². The zero-order chi connectivity index (χ0) is 31.2. The minimum atomic E-state index is -3.50. The fourth-order valence-corrected chi connectivity index (χ4v) is 10.1. The van der Waals surface area contributed by atoms with Crippen LogP contribution in [0.15, 0.2) is 17.0 Å². The van der Waals surface area contributed by atoms with Gasteiger partial charge in [-0.3, -0.25) is 4.79 Å². The lowest BCUT2D eigenvalue weighted by molar-refractivity contribution is 0.0727. The molecule has 2 aromatic rings. The fraction of sp³-hybridized carbons (Fsp3) is 0.625. The predicted molar refractivity (Wildman–Crippen MR) is 166 cm³/mol. The van der Waals surface area contributed by atoms with Gasteiger partial charge < -0.3 is 30.6 Å². The highest BCUT2D eigenvalue weighted by Gasteiger charge is 2.42. The van der Waals surface area contributed by atoms with Gasteiger partial charge in [0.1, 0.15) is 11.9 Å². The minimum Gasteiger partial charge on any atom is -0.446 e. The van der Waals surface area contributed by atoms with E-state index in [1.807, 2.05) is 18.4 Å². The van der Waals surface area contributed by atoms with Crippen molar-refractivity contribution in [2.75, 3.05) is 37.2 Å². The summed E-state index contributed by atoms with van der Waals surface area (Å²) < 4.78 is 50.1. The maximum atomic E-state index is 15.7. The first-order chi connectivity index (χ1) is 20.9. The first-order valence-electron chi connectivity index (χ1n) is 16.0. The van der Waals surface area contributed by atoms with Crippen molar-refractivity contribution >= 4 is 27.5 Å². The average Bonchev–Trinajstić information content (AvgIpc) is 3.66. The smallest absolute Gasteiger partial charge is 0.407 e. The number of primary amides is 1. The van der Waals surface area contributed by atoms with E-state index >= 15 is 4.39 Å². The van der Waals surface area contributed by atoms with Crippen molar-refractivity contribution < 1.29 is 27.1 Å². The zero-order valence-corrected chi connectivity index (χ0v) is 26.5. The predicted octanol–water partition coefficient (Wildman–Crippen LogP) is 4.11. The molecule has 0 unspecified atom stereocenters. The Morgan fingerprint density at radius 1 is 1.07 bits per heavy atom. The molecule has 0 radical (unpaired) electrons. The van der Waals surface area contributed by atoms with E-state index < -0.39 is 33.1 Å². The standard InChI is InChI=1S/C32H44FN5O5S/c1-32(2)18-27-29(44(41,42)19-32)23-6-5-7-26(23)38(27)21-16-24(33)28(30(34)39)25(17-21)36-20-8-10-22(11-9-20)43-31(40)35-12-15-37-13-3-4-14-37/h16-17,20,22,36H,3-15,18-19H2,1-2H3,(H2,34,39)(H,35,40)/t20-,22-. The number of benzene rings is 1. The summed E-state index contributed by atoms with van der Waals surface area (Å²) in [6.07, 6.45) is 7.17. The molecule has 6 rings (SSSR count). The summed E-state index contributed by atoms with van der Waals surface area (Å²) in [4.78, 5) is 27.5. The van der Waals surface area contributed by atoms with Crippen LogP contribution in [0.3, 0.4) is 0 Å². The van der Waals surface area contributed by atoms with Gasteiger partial charge in [0.05, 0.1) is 27.6 Å². The zero-order valence-electron chi connectivity index (χ0n) is 25.7. The molecular weight excluding hydrogens is 585 g/mol. The Labute approximate surface area is 258 Å². The van der Waals surface area contributed by atoms with Gasteiger partial charge >= 0.3 is 6.09 Å². The second kappa shape index (κ2) is 12.0. The van der Waals surface area contributed by atoms with Gasteiger partial charge in [0, 0.05) is 30.5 Å². The van der Waals surface area contributed by atoms with Gasteiger partial charge in [0.15, 0.2) is 9.84 Å². The van der Waals surface area contributed by atoms with E-state index in [4.69, 9.17) is 10.5 Å². The minimum absolute atomic E-state index is 0.0792. The maximum Gasteiger partial charge on any atom is 0.407 e. The first-order valence-corrected chi connectivity index (χ1v) is 17.6. The maximum absolute atomic E-state index is 15.7. The fourth-order valence-electron chi connectivity index (χ4n) is 7.73. The summed E-state index contributed by atoms with van der Waals surface area (Å²) >= 11 is 0. The normalized spacial score (nSPS) is 24.0. The highest BCUT2D eigenvalue weighted by molar-refractivity contribution is 7.91. The summed E-state index contributed by atoms with van der Waals surface area (Å²) in [5.74, 6) is -1.53. The van der Waals surface area contributed by atoms with Crippen molar-refractivity contribution in [2.24, 2.45) is 11.1 Å². The molecule has 1 aromatic carbocycles. The molecule has 2 aliphatic heterocycles. The number of nitrogens with zero attached hydrogens (tertiary/aromatic N) is 2. The summed E-state index contributed by atoms with van der Waals surface area (Å²) in [5, 5.41) is 6.21. The summed E-state index contributed by atoms with van der Waals surface area (Å²) in [7, 11) is -3.50. The van der Waals surface area contributed by atoms with Crippen LogP contribution < -0.4 is 16.4 Å². The summed E-state index contributed by atoms with van der Waals surface area (Å²) in [6, 6.07) is 2.95. The van der Waals surface area contributed by atoms with Crippen LogP contribution in [-0.2, 0) is 33.8 Å². The molecule has 1 saturated carbocycles. The lowest BCUT2D eigenvalue weighted by Gasteiger charge is -2.31. The number of carbonyl (C=O) groups excluding carboxylic acids is 2. The third-order valence-corrected chi connectivity index (χ3v) is 11.9. The Balaban J connectivity index is 1.19. The van der Waals surface area contributed by atoms with Crippen LogP contribution in [0.2, 0.25) is 0 Å². The molecule has 44 heavy (non-hydrogen) atoms. The molecule has 10 nitrogen and oxygen atoms in total. The van der Waals surface area contributed by atoms with E-state index in [9.17, 15) is 18.0 Å². The molecule has 0 atom stereocenters. The first kappa shape index (κ1) is 30.9. The number of anilines is 1. The lowest BCUT2D eigenvalue weighted by atomic mass is 9.89. The van der Waals surface area contributed by atoms with Crippen molar-refractivity contribution in [1.82, 2.24) is 14.8 Å². The number of likely N-dealkylation sites (tertiary alicyclic amines) is 1. The molecule has 1 aromatic heterocycles. The van der Waals surface area contributed by atoms with E-state index in [1.54, 1.807) is 6.07 Å². The van der Waals surface area contributed by atoms with Gasteiger partial charge in [-0.05, 0) is 100 Å². The van der Waals surface area contributed by atoms with Crippen LogP contribution in [-0.4, -0.2) is 74.0 Å². The topological polar surface area (TPSA) is 136 Å². The molecular formula is C32H44FN5O5S. The quantitative estimate of drug-likeness (QED) is 0.400. The number of nitrogens with one attached hydrogen (secondary N) is 2. The molecule has 2 amide bonds. The molecule has 12 heteroatoms. The number of amides is 2. The van der Waals surface area contributed by atoms with Crippen molar-refractivity contribution in [1.29, 1.82) is 0 Å². The van der Waals surface area contributed by atoms with Gasteiger partial charge in [-0.15, -0.1) is 0 Å². The van der Waals surface area contributed by atoms with Crippen molar-refractivity contribution in [3.63, 3.8) is 0 Å². The third kappa shape index (κ3) is 6.20. The van der Waals surface area contributed by atoms with Crippen molar-refractivity contribution in [2.45, 2.75) is 95.1 Å². The van der Waals surface area contributed by atoms with E-state index in [0.29, 0.717) is 73.5 Å². The Kier molecular flexibility index (Phi) is 8.42. The molecule has 0 bridgehead atoms. The van der Waals surface area contributed by atoms with Crippen LogP contribution in [0.4, 0.5) is 14.9 Å². The number of hydrogen-bond acceptors (Lipinski definition) is 7. The van der Waals surface area contributed by atoms with E-state index in [1.165, 1.54) is 18.9 Å². The Bertz CT molecular complexity index is 1560. The average molecular weight is 630 g/mol. The number of alkyl carbamates (subject to hydrolysis) is 1. The van der Waals surface area contributed by atoms with Crippen LogP contribution in [0, 0.1) is 11.2 Å². The monoisotopic (exact) mass is 629 g/mol. The number of sulfone groups is 1. The number of fused-ring (bicyclic) bond motifs is 3. The second-order valence-corrected chi connectivity index (χ2v) is 15.6. The highest BCUT2D eigenvalue weighted by Crippen LogP contribution is 2.45. The number of rotatable bonds is 8. The number of hydrogen-bond donors (Lipinski definition) is 3. The molecule has 0 spiro atoms. The molecule has 4 N–H and O–H groups in total. The van der Waals surface area contributed by atoms with Gasteiger partial charge in [0.2, 0.25) is 0 Å². The molecule has 4 aliphatic rings. The van der Waals surface area contributed by atoms with Crippen LogP contribution in [0.5, 0.6) is 0 Å². The van der Waals surface area contributed by atoms with E-state index in [2.05, 4.69) is 15.5 Å². The molecule has 2 aliphatic carbocycles. The van der Waals surface area contributed by atoms with E-state index in [-0.39, 0.29) is 23.5 Å². The number of halogens is 1. The molecule has 3 heterocycles. The Morgan fingerprint density at radius 3 is 2.50 bits per heavy atom. The second-order valence-electron chi connectivity index (χ2n) is 13.7. The highest BCUT2D eigenvalue weighted by atomic mass is 32.2. The van der Waals surface area contributed by atoms with Gasteiger partial charge in [-0.2, -0.15) is 0 Å². The number of carbonyl (C=O) groups is 2. The van der Waals surface area contributed by atoms with Crippen molar-refractivity contribution in [3.05, 3.63) is 40.5 Å². The number of aromatic nitrogens is 1. The van der Waals surface area contributed by atoms with Gasteiger partial charge in [-0.1, -0.05) is 13.8 Å². The summed E-state index contributed by atoms with van der Waals surface area (Å²) in [5.41, 5.74) is 8.21.